The Morgan fingerprint density at radius 3 is 2.54 bits per heavy atom. The largest absolute Gasteiger partial charge is 0.478 e. The number of nitrogens with zero attached hydrogens (tertiary/aromatic N) is 3. The third-order valence-corrected chi connectivity index (χ3v) is 4.38. The number of carboxylic acid groups (broad SMARTS) is 1. The second-order valence-electron chi connectivity index (χ2n) is 6.47. The molecule has 3 rings (SSSR count). The highest BCUT2D eigenvalue weighted by atomic mass is 16.4. The first-order valence-electron chi connectivity index (χ1n) is 8.39. The first kappa shape index (κ1) is 17.8. The minimum atomic E-state index is -0.993. The number of benzene rings is 2. The summed E-state index contributed by atoms with van der Waals surface area (Å²) in [6.07, 6.45) is 0. The fourth-order valence-corrected chi connectivity index (χ4v) is 2.68. The number of aromatic nitrogens is 2. The van der Waals surface area contributed by atoms with Crippen LogP contribution in [0.2, 0.25) is 0 Å². The molecule has 6 heteroatoms. The van der Waals surface area contributed by atoms with Crippen LogP contribution >= 0.6 is 0 Å². The van der Waals surface area contributed by atoms with Crippen LogP contribution in [0.5, 0.6) is 0 Å². The molecule has 2 aromatic carbocycles. The van der Waals surface area contributed by atoms with E-state index < -0.39 is 5.97 Å². The zero-order valence-corrected chi connectivity index (χ0v) is 15.0. The molecular weight excluding hydrogens is 330 g/mol. The van der Waals surface area contributed by atoms with E-state index in [9.17, 15) is 15.0 Å². The smallest absolute Gasteiger partial charge is 0.335 e. The monoisotopic (exact) mass is 351 g/mol. The third kappa shape index (κ3) is 3.36. The Bertz CT molecular complexity index is 970. The van der Waals surface area contributed by atoms with Crippen molar-refractivity contribution in [3.8, 4) is 11.3 Å². The molecule has 1 aromatic heterocycles. The molecule has 0 atom stereocenters. The van der Waals surface area contributed by atoms with Gasteiger partial charge in [0.2, 0.25) is 0 Å². The number of anilines is 1. The van der Waals surface area contributed by atoms with Crippen LogP contribution in [-0.2, 0) is 6.61 Å². The molecule has 134 valence electrons. The van der Waals surface area contributed by atoms with Crippen LogP contribution in [0, 0.1) is 0 Å². The molecule has 0 aliphatic rings. The van der Waals surface area contributed by atoms with Gasteiger partial charge < -0.3 is 15.1 Å². The molecule has 0 unspecified atom stereocenters. The van der Waals surface area contributed by atoms with Crippen LogP contribution in [0.15, 0.2) is 42.5 Å². The van der Waals surface area contributed by atoms with Crippen LogP contribution in [0.25, 0.3) is 22.3 Å². The zero-order chi connectivity index (χ0) is 18.8. The minimum absolute atomic E-state index is 0.0494. The number of hydrogen-bond acceptors (Lipinski definition) is 5. The van der Waals surface area contributed by atoms with E-state index in [1.165, 1.54) is 12.1 Å². The molecule has 0 saturated carbocycles. The maximum atomic E-state index is 11.2. The van der Waals surface area contributed by atoms with E-state index in [1.54, 1.807) is 6.07 Å². The fourth-order valence-electron chi connectivity index (χ4n) is 2.68. The van der Waals surface area contributed by atoms with Gasteiger partial charge in [-0.3, -0.25) is 0 Å². The van der Waals surface area contributed by atoms with E-state index >= 15 is 0 Å². The molecule has 26 heavy (non-hydrogen) atoms. The number of rotatable bonds is 5. The Labute approximate surface area is 151 Å². The predicted octanol–water partition coefficient (Wildman–Crippen LogP) is 3.33. The third-order valence-electron chi connectivity index (χ3n) is 4.38. The van der Waals surface area contributed by atoms with Gasteiger partial charge in [0, 0.05) is 18.7 Å². The van der Waals surface area contributed by atoms with Gasteiger partial charge >= 0.3 is 5.97 Å². The normalized spacial score (nSPS) is 11.1. The van der Waals surface area contributed by atoms with Crippen LogP contribution in [-0.4, -0.2) is 39.2 Å². The summed E-state index contributed by atoms with van der Waals surface area (Å²) in [6, 6.07) is 12.5. The topological polar surface area (TPSA) is 86.6 Å². The van der Waals surface area contributed by atoms with E-state index in [0.29, 0.717) is 22.5 Å². The zero-order valence-electron chi connectivity index (χ0n) is 15.0. The molecule has 0 bridgehead atoms. The van der Waals surface area contributed by atoms with E-state index in [1.807, 2.05) is 50.1 Å². The molecule has 0 fully saturated rings. The number of fused-ring (bicyclic) bond motifs is 1. The van der Waals surface area contributed by atoms with Gasteiger partial charge in [-0.25, -0.2) is 14.8 Å². The summed E-state index contributed by atoms with van der Waals surface area (Å²) in [5.41, 5.74) is 3.70. The van der Waals surface area contributed by atoms with E-state index in [2.05, 4.69) is 0 Å². The van der Waals surface area contributed by atoms with Gasteiger partial charge in [-0.05, 0) is 43.7 Å². The Hall–Kier alpha value is -2.99. The van der Waals surface area contributed by atoms with Crippen LogP contribution in [0.3, 0.4) is 0 Å². The van der Waals surface area contributed by atoms with Gasteiger partial charge in [0.1, 0.15) is 5.69 Å². The first-order valence-corrected chi connectivity index (χ1v) is 8.39. The molecule has 0 amide bonds. The summed E-state index contributed by atoms with van der Waals surface area (Å²) in [7, 11) is 1.93. The first-order chi connectivity index (χ1) is 12.4. The Morgan fingerprint density at radius 2 is 1.88 bits per heavy atom. The van der Waals surface area contributed by atoms with Crippen molar-refractivity contribution >= 4 is 22.8 Å². The number of hydrogen-bond donors (Lipinski definition) is 2. The molecular formula is C20H21N3O3. The molecule has 6 nitrogen and oxygen atoms in total. The van der Waals surface area contributed by atoms with Gasteiger partial charge in [-0.2, -0.15) is 0 Å². The SMILES string of the molecule is CC(C)N(C)c1nc2cc(C(=O)O)ccc2nc1-c1cccc(CO)c1. The summed E-state index contributed by atoms with van der Waals surface area (Å²) < 4.78 is 0. The summed E-state index contributed by atoms with van der Waals surface area (Å²) in [4.78, 5) is 22.7. The molecule has 2 N–H and O–H groups in total. The lowest BCUT2D eigenvalue weighted by Crippen LogP contribution is -2.27. The minimum Gasteiger partial charge on any atom is -0.478 e. The molecule has 0 radical (unpaired) electrons. The molecule has 0 aliphatic heterocycles. The molecule has 0 spiro atoms. The van der Waals surface area contributed by atoms with Crippen molar-refractivity contribution in [1.29, 1.82) is 0 Å². The van der Waals surface area contributed by atoms with Crippen molar-refractivity contribution in [3.63, 3.8) is 0 Å². The van der Waals surface area contributed by atoms with Crippen molar-refractivity contribution in [2.75, 3.05) is 11.9 Å². The van der Waals surface area contributed by atoms with Crippen molar-refractivity contribution < 1.29 is 15.0 Å². The van der Waals surface area contributed by atoms with E-state index in [4.69, 9.17) is 9.97 Å². The number of aliphatic hydroxyl groups excluding tert-OH is 1. The van der Waals surface area contributed by atoms with Crippen LogP contribution < -0.4 is 4.90 Å². The van der Waals surface area contributed by atoms with E-state index in [-0.39, 0.29) is 18.2 Å². The van der Waals surface area contributed by atoms with Gasteiger partial charge in [0.15, 0.2) is 5.82 Å². The summed E-state index contributed by atoms with van der Waals surface area (Å²) in [5, 5.41) is 18.6. The summed E-state index contributed by atoms with van der Waals surface area (Å²) in [6.45, 7) is 4.05. The van der Waals surface area contributed by atoms with Crippen molar-refractivity contribution in [1.82, 2.24) is 9.97 Å². The summed E-state index contributed by atoms with van der Waals surface area (Å²) >= 11 is 0. The predicted molar refractivity (Wildman–Crippen MR) is 101 cm³/mol. The Morgan fingerprint density at radius 1 is 1.12 bits per heavy atom. The molecule has 0 aliphatic carbocycles. The standard InChI is InChI=1S/C20H21N3O3/c1-12(2)23(3)19-18(14-6-4-5-13(9-14)11-24)21-16-8-7-15(20(25)26)10-17(16)22-19/h4-10,12,24H,11H2,1-3H3,(H,25,26). The maximum absolute atomic E-state index is 11.2. The lowest BCUT2D eigenvalue weighted by molar-refractivity contribution is 0.0697. The highest BCUT2D eigenvalue weighted by Crippen LogP contribution is 2.31. The quantitative estimate of drug-likeness (QED) is 0.733. The van der Waals surface area contributed by atoms with Gasteiger partial charge in [-0.1, -0.05) is 18.2 Å². The average Bonchev–Trinajstić information content (AvgIpc) is 2.65. The second kappa shape index (κ2) is 7.09. The second-order valence-corrected chi connectivity index (χ2v) is 6.47. The summed E-state index contributed by atoms with van der Waals surface area (Å²) in [5.74, 6) is -0.322. The lowest BCUT2D eigenvalue weighted by atomic mass is 10.1. The Kier molecular flexibility index (Phi) is 4.86. The van der Waals surface area contributed by atoms with Crippen molar-refractivity contribution in [2.45, 2.75) is 26.5 Å². The van der Waals surface area contributed by atoms with E-state index in [0.717, 1.165) is 11.1 Å². The van der Waals surface area contributed by atoms with Crippen LogP contribution in [0.1, 0.15) is 29.8 Å². The lowest BCUT2D eigenvalue weighted by Gasteiger charge is -2.25. The van der Waals surface area contributed by atoms with Gasteiger partial charge in [-0.15, -0.1) is 0 Å². The fraction of sp³-hybridized carbons (Fsp3) is 0.250. The average molecular weight is 351 g/mol. The molecule has 1 heterocycles. The van der Waals surface area contributed by atoms with Crippen molar-refractivity contribution in [2.24, 2.45) is 0 Å². The molecule has 3 aromatic rings. The van der Waals surface area contributed by atoms with Gasteiger partial charge in [0.05, 0.1) is 23.2 Å². The number of aliphatic hydroxyl groups is 1. The number of carbonyl (C=O) groups is 1. The molecule has 0 saturated heterocycles. The van der Waals surface area contributed by atoms with Crippen molar-refractivity contribution in [3.05, 3.63) is 53.6 Å². The maximum Gasteiger partial charge on any atom is 0.335 e. The highest BCUT2D eigenvalue weighted by Gasteiger charge is 2.18. The number of carboxylic acids is 1. The Balaban J connectivity index is 2.26. The number of aromatic carboxylic acids is 1. The highest BCUT2D eigenvalue weighted by molar-refractivity contribution is 5.93. The van der Waals surface area contributed by atoms with Crippen LogP contribution in [0.4, 0.5) is 5.82 Å². The van der Waals surface area contributed by atoms with Gasteiger partial charge in [0.25, 0.3) is 0 Å².